The molecule has 0 saturated carbocycles. The van der Waals surface area contributed by atoms with Gasteiger partial charge in [0.05, 0.1) is 0 Å². The van der Waals surface area contributed by atoms with Gasteiger partial charge < -0.3 is 10.2 Å². The van der Waals surface area contributed by atoms with Crippen LogP contribution in [0.25, 0.3) is 10.6 Å². The molecule has 21 heavy (non-hydrogen) atoms. The van der Waals surface area contributed by atoms with Gasteiger partial charge in [0.1, 0.15) is 0 Å². The highest BCUT2D eigenvalue weighted by atomic mass is 32.1. The van der Waals surface area contributed by atoms with E-state index in [4.69, 9.17) is 4.98 Å². The Bertz CT molecular complexity index is 637. The molecule has 1 aliphatic heterocycles. The number of fused-ring (bicyclic) bond motifs is 1. The minimum atomic E-state index is 0.890. The van der Waals surface area contributed by atoms with Crippen molar-refractivity contribution in [3.63, 3.8) is 0 Å². The molecule has 0 bridgehead atoms. The molecule has 2 aromatic rings. The van der Waals surface area contributed by atoms with E-state index >= 15 is 0 Å². The Labute approximate surface area is 129 Å². The van der Waals surface area contributed by atoms with Crippen LogP contribution in [0.3, 0.4) is 0 Å². The number of aromatic nitrogens is 3. The summed E-state index contributed by atoms with van der Waals surface area (Å²) in [5.41, 5.74) is 4.73. The first-order chi connectivity index (χ1) is 10.2. The summed E-state index contributed by atoms with van der Waals surface area (Å²) < 4.78 is 0. The molecule has 0 radical (unpaired) electrons. The third kappa shape index (κ3) is 3.06. The van der Waals surface area contributed by atoms with Crippen molar-refractivity contribution in [2.24, 2.45) is 0 Å². The van der Waals surface area contributed by atoms with Crippen LogP contribution in [-0.4, -0.2) is 40.2 Å². The van der Waals surface area contributed by atoms with Gasteiger partial charge in [0.2, 0.25) is 5.13 Å². The van der Waals surface area contributed by atoms with E-state index in [0.717, 1.165) is 53.9 Å². The Kier molecular flexibility index (Phi) is 4.17. The predicted octanol–water partition coefficient (Wildman–Crippen LogP) is 2.72. The van der Waals surface area contributed by atoms with Crippen molar-refractivity contribution in [1.29, 1.82) is 0 Å². The molecule has 3 heterocycles. The monoisotopic (exact) mass is 303 g/mol. The van der Waals surface area contributed by atoms with Crippen LogP contribution in [0.5, 0.6) is 0 Å². The number of likely N-dealkylation sites (N-methyl/N-ethyl adjacent to an activating group) is 1. The molecule has 6 heteroatoms. The number of anilines is 1. The number of aryl methyl sites for hydroxylation is 1. The van der Waals surface area contributed by atoms with Gasteiger partial charge in [0.25, 0.3) is 0 Å². The average Bonchev–Trinajstić information content (AvgIpc) is 2.93. The van der Waals surface area contributed by atoms with Crippen LogP contribution >= 0.6 is 11.3 Å². The lowest BCUT2D eigenvalue weighted by Crippen LogP contribution is -2.27. The van der Waals surface area contributed by atoms with Crippen molar-refractivity contribution < 1.29 is 0 Å². The van der Waals surface area contributed by atoms with Crippen molar-refractivity contribution in [3.05, 3.63) is 23.0 Å². The minimum Gasteiger partial charge on any atom is -0.360 e. The number of pyridine rings is 1. The number of hydrogen-bond acceptors (Lipinski definition) is 6. The molecule has 0 saturated heterocycles. The second-order valence-electron chi connectivity index (χ2n) is 5.55. The maximum absolute atomic E-state index is 4.79. The second kappa shape index (κ2) is 6.07. The highest BCUT2D eigenvalue weighted by Crippen LogP contribution is 2.31. The average molecular weight is 303 g/mol. The van der Waals surface area contributed by atoms with Crippen LogP contribution < -0.4 is 5.32 Å². The molecule has 0 amide bonds. The van der Waals surface area contributed by atoms with E-state index in [1.807, 2.05) is 0 Å². The number of rotatable bonds is 4. The summed E-state index contributed by atoms with van der Waals surface area (Å²) in [6.45, 7) is 7.19. The minimum absolute atomic E-state index is 0.890. The van der Waals surface area contributed by atoms with Gasteiger partial charge in [-0.05, 0) is 32.0 Å². The Morgan fingerprint density at radius 3 is 3.05 bits per heavy atom. The highest BCUT2D eigenvalue weighted by Gasteiger charge is 2.18. The fourth-order valence-electron chi connectivity index (χ4n) is 2.57. The SMILES string of the molecule is CCCNc1nnc(-c2cc3c(nc2C)CCN(C)C3)s1. The third-order valence-corrected chi connectivity index (χ3v) is 4.65. The van der Waals surface area contributed by atoms with Crippen molar-refractivity contribution in [1.82, 2.24) is 20.1 Å². The van der Waals surface area contributed by atoms with E-state index in [1.165, 1.54) is 11.3 Å². The molecule has 0 fully saturated rings. The third-order valence-electron chi connectivity index (χ3n) is 3.73. The lowest BCUT2D eigenvalue weighted by atomic mass is 10.0. The van der Waals surface area contributed by atoms with E-state index < -0.39 is 0 Å². The van der Waals surface area contributed by atoms with Crippen LogP contribution in [0.2, 0.25) is 0 Å². The summed E-state index contributed by atoms with van der Waals surface area (Å²) in [4.78, 5) is 7.12. The quantitative estimate of drug-likeness (QED) is 0.941. The summed E-state index contributed by atoms with van der Waals surface area (Å²) >= 11 is 1.60. The fraction of sp³-hybridized carbons (Fsp3) is 0.533. The molecule has 2 aromatic heterocycles. The number of hydrogen-bond donors (Lipinski definition) is 1. The smallest absolute Gasteiger partial charge is 0.206 e. The van der Waals surface area contributed by atoms with E-state index in [1.54, 1.807) is 11.3 Å². The first kappa shape index (κ1) is 14.4. The molecule has 0 atom stereocenters. The van der Waals surface area contributed by atoms with E-state index in [2.05, 4.69) is 47.4 Å². The molecule has 5 nitrogen and oxygen atoms in total. The van der Waals surface area contributed by atoms with Gasteiger partial charge in [-0.2, -0.15) is 0 Å². The molecule has 1 N–H and O–H groups in total. The first-order valence-corrected chi connectivity index (χ1v) is 8.24. The number of nitrogens with one attached hydrogen (secondary N) is 1. The van der Waals surface area contributed by atoms with Crippen LogP contribution in [0, 0.1) is 6.92 Å². The van der Waals surface area contributed by atoms with Gasteiger partial charge in [-0.3, -0.25) is 4.98 Å². The Balaban J connectivity index is 1.91. The summed E-state index contributed by atoms with van der Waals surface area (Å²) in [5, 5.41) is 13.7. The summed E-state index contributed by atoms with van der Waals surface area (Å²) in [5.74, 6) is 0. The van der Waals surface area contributed by atoms with Crippen molar-refractivity contribution in [2.75, 3.05) is 25.5 Å². The van der Waals surface area contributed by atoms with Crippen LogP contribution in [0.1, 0.15) is 30.3 Å². The topological polar surface area (TPSA) is 53.9 Å². The molecule has 112 valence electrons. The molecule has 0 aromatic carbocycles. The molecule has 0 aliphatic carbocycles. The fourth-order valence-corrected chi connectivity index (χ4v) is 3.41. The molecule has 0 unspecified atom stereocenters. The van der Waals surface area contributed by atoms with E-state index in [-0.39, 0.29) is 0 Å². The van der Waals surface area contributed by atoms with Crippen molar-refractivity contribution in [3.8, 4) is 10.6 Å². The molecule has 0 spiro atoms. The zero-order valence-corrected chi connectivity index (χ0v) is 13.6. The van der Waals surface area contributed by atoms with Crippen LogP contribution in [0.4, 0.5) is 5.13 Å². The van der Waals surface area contributed by atoms with Gasteiger partial charge >= 0.3 is 0 Å². The van der Waals surface area contributed by atoms with Gasteiger partial charge in [0, 0.05) is 43.0 Å². The van der Waals surface area contributed by atoms with Gasteiger partial charge in [-0.1, -0.05) is 18.3 Å². The lowest BCUT2D eigenvalue weighted by Gasteiger charge is -2.25. The normalized spacial score (nSPS) is 15.0. The maximum Gasteiger partial charge on any atom is 0.206 e. The first-order valence-electron chi connectivity index (χ1n) is 7.43. The highest BCUT2D eigenvalue weighted by molar-refractivity contribution is 7.18. The molecule has 1 aliphatic rings. The molecular formula is C15H21N5S. The van der Waals surface area contributed by atoms with Gasteiger partial charge in [-0.25, -0.2) is 0 Å². The Morgan fingerprint density at radius 1 is 1.38 bits per heavy atom. The van der Waals surface area contributed by atoms with E-state index in [9.17, 15) is 0 Å². The van der Waals surface area contributed by atoms with Crippen molar-refractivity contribution >= 4 is 16.5 Å². The number of nitrogens with zero attached hydrogens (tertiary/aromatic N) is 4. The summed E-state index contributed by atoms with van der Waals surface area (Å²) in [6, 6.07) is 2.25. The zero-order chi connectivity index (χ0) is 14.8. The standard InChI is InChI=1S/C15H21N5S/c1-4-6-16-15-19-18-14(21-15)12-8-11-9-20(3)7-5-13(11)17-10(12)2/h8H,4-7,9H2,1-3H3,(H,16,19). The Morgan fingerprint density at radius 2 is 2.24 bits per heavy atom. The predicted molar refractivity (Wildman–Crippen MR) is 86.7 cm³/mol. The van der Waals surface area contributed by atoms with Crippen LogP contribution in [-0.2, 0) is 13.0 Å². The molecule has 3 rings (SSSR count). The van der Waals surface area contributed by atoms with Crippen LogP contribution in [0.15, 0.2) is 6.07 Å². The van der Waals surface area contributed by atoms with Gasteiger partial charge in [-0.15, -0.1) is 10.2 Å². The molecular weight excluding hydrogens is 282 g/mol. The van der Waals surface area contributed by atoms with Gasteiger partial charge in [0.15, 0.2) is 5.01 Å². The lowest BCUT2D eigenvalue weighted by molar-refractivity contribution is 0.310. The maximum atomic E-state index is 4.79. The Hall–Kier alpha value is -1.53. The van der Waals surface area contributed by atoms with Crippen molar-refractivity contribution in [2.45, 2.75) is 33.2 Å². The largest absolute Gasteiger partial charge is 0.360 e. The van der Waals surface area contributed by atoms with E-state index in [0.29, 0.717) is 0 Å². The summed E-state index contributed by atoms with van der Waals surface area (Å²) in [7, 11) is 2.15. The second-order valence-corrected chi connectivity index (χ2v) is 6.53. The zero-order valence-electron chi connectivity index (χ0n) is 12.8. The summed E-state index contributed by atoms with van der Waals surface area (Å²) in [6.07, 6.45) is 2.12.